The van der Waals surface area contributed by atoms with Gasteiger partial charge in [-0.25, -0.2) is 0 Å². The van der Waals surface area contributed by atoms with Crippen molar-refractivity contribution in [1.82, 2.24) is 5.32 Å². The first kappa shape index (κ1) is 14.6. The third-order valence-electron chi connectivity index (χ3n) is 2.95. The van der Waals surface area contributed by atoms with Gasteiger partial charge in [-0.3, -0.25) is 0 Å². The van der Waals surface area contributed by atoms with E-state index in [2.05, 4.69) is 46.4 Å². The summed E-state index contributed by atoms with van der Waals surface area (Å²) in [7, 11) is 0. The van der Waals surface area contributed by atoms with E-state index in [-0.39, 0.29) is 0 Å². The van der Waals surface area contributed by atoms with Crippen LogP contribution in [0.25, 0.3) is 11.1 Å². The normalized spacial score (nSPS) is 10.7. The summed E-state index contributed by atoms with van der Waals surface area (Å²) in [5, 5.41) is 4.18. The van der Waals surface area contributed by atoms with Crippen molar-refractivity contribution in [2.24, 2.45) is 0 Å². The molecule has 100 valence electrons. The number of nitrogens with one attached hydrogen (secondary N) is 1. The summed E-state index contributed by atoms with van der Waals surface area (Å²) in [6.45, 7) is 4.06. The maximum absolute atomic E-state index is 6.40. The van der Waals surface area contributed by atoms with E-state index in [1.54, 1.807) is 0 Å². The topological polar surface area (TPSA) is 12.0 Å². The van der Waals surface area contributed by atoms with Gasteiger partial charge in [-0.15, -0.1) is 0 Å². The predicted molar refractivity (Wildman–Crippen MR) is 86.6 cm³/mol. The lowest BCUT2D eigenvalue weighted by atomic mass is 10.0. The predicted octanol–water partition coefficient (Wildman–Crippen LogP) is 5.27. The van der Waals surface area contributed by atoms with Crippen LogP contribution in [0.3, 0.4) is 0 Å². The van der Waals surface area contributed by atoms with Gasteiger partial charge in [0, 0.05) is 21.6 Å². The molecule has 1 N–H and O–H groups in total. The smallest absolute Gasteiger partial charge is 0.0488 e. The fourth-order valence-electron chi connectivity index (χ4n) is 1.98. The molecule has 0 aromatic heterocycles. The zero-order valence-corrected chi connectivity index (χ0v) is 13.3. The number of hydrogen-bond acceptors (Lipinski definition) is 1. The first-order chi connectivity index (χ1) is 9.22. The molecule has 1 nitrogen and oxygen atoms in total. The maximum Gasteiger partial charge on any atom is 0.0488 e. The monoisotopic (exact) mass is 337 g/mol. The lowest BCUT2D eigenvalue weighted by Gasteiger charge is -2.09. The molecule has 0 saturated carbocycles. The highest BCUT2D eigenvalue weighted by molar-refractivity contribution is 9.10. The van der Waals surface area contributed by atoms with Crippen LogP contribution in [0, 0.1) is 0 Å². The minimum atomic E-state index is 0.794. The van der Waals surface area contributed by atoms with Gasteiger partial charge in [-0.2, -0.15) is 0 Å². The van der Waals surface area contributed by atoms with Gasteiger partial charge in [0.15, 0.2) is 0 Å². The molecule has 19 heavy (non-hydrogen) atoms. The van der Waals surface area contributed by atoms with E-state index in [1.807, 2.05) is 24.3 Å². The Kier molecular flexibility index (Phi) is 5.44. The summed E-state index contributed by atoms with van der Waals surface area (Å²) >= 11 is 9.97. The molecule has 0 atom stereocenters. The van der Waals surface area contributed by atoms with Gasteiger partial charge in [-0.05, 0) is 36.2 Å². The van der Waals surface area contributed by atoms with Crippen molar-refractivity contribution in [1.29, 1.82) is 0 Å². The molecule has 0 radical (unpaired) electrons. The molecule has 3 heteroatoms. The molecular weight excluding hydrogens is 322 g/mol. The Labute approximate surface area is 128 Å². The van der Waals surface area contributed by atoms with Crippen molar-refractivity contribution in [2.45, 2.75) is 19.9 Å². The molecule has 2 rings (SSSR count). The minimum absolute atomic E-state index is 0.794. The lowest BCUT2D eigenvalue weighted by Crippen LogP contribution is -2.13. The van der Waals surface area contributed by atoms with E-state index in [0.717, 1.165) is 40.1 Å². The number of hydrogen-bond donors (Lipinski definition) is 1. The highest BCUT2D eigenvalue weighted by Crippen LogP contribution is 2.33. The van der Waals surface area contributed by atoms with Gasteiger partial charge in [0.2, 0.25) is 0 Å². The molecule has 2 aromatic carbocycles. The third kappa shape index (κ3) is 3.82. The van der Waals surface area contributed by atoms with E-state index in [4.69, 9.17) is 11.6 Å². The Bertz CT molecular complexity index is 554. The molecule has 0 fully saturated rings. The van der Waals surface area contributed by atoms with Crippen LogP contribution in [0.15, 0.2) is 46.9 Å². The zero-order chi connectivity index (χ0) is 13.7. The van der Waals surface area contributed by atoms with Crippen LogP contribution in [0.5, 0.6) is 0 Å². The zero-order valence-electron chi connectivity index (χ0n) is 10.9. The summed E-state index contributed by atoms with van der Waals surface area (Å²) in [6, 6.07) is 14.4. The summed E-state index contributed by atoms with van der Waals surface area (Å²) in [5.41, 5.74) is 3.41. The average molecular weight is 339 g/mol. The summed E-state index contributed by atoms with van der Waals surface area (Å²) in [6.07, 6.45) is 1.14. The molecule has 0 unspecified atom stereocenters. The lowest BCUT2D eigenvalue weighted by molar-refractivity contribution is 0.675. The summed E-state index contributed by atoms with van der Waals surface area (Å²) < 4.78 is 1.06. The van der Waals surface area contributed by atoms with Crippen LogP contribution >= 0.6 is 27.5 Å². The SMILES string of the molecule is CCCNCc1ccc(-c2ccccc2Br)c(Cl)c1. The van der Waals surface area contributed by atoms with Crippen LogP contribution < -0.4 is 5.32 Å². The molecule has 0 aliphatic heterocycles. The molecule has 0 aliphatic carbocycles. The van der Waals surface area contributed by atoms with Crippen molar-refractivity contribution in [3.63, 3.8) is 0 Å². The molecule has 0 amide bonds. The van der Waals surface area contributed by atoms with E-state index in [0.29, 0.717) is 0 Å². The van der Waals surface area contributed by atoms with E-state index >= 15 is 0 Å². The van der Waals surface area contributed by atoms with Gasteiger partial charge in [0.25, 0.3) is 0 Å². The van der Waals surface area contributed by atoms with E-state index in [9.17, 15) is 0 Å². The second-order valence-electron chi connectivity index (χ2n) is 4.47. The summed E-state index contributed by atoms with van der Waals surface area (Å²) in [4.78, 5) is 0. The molecular formula is C16H17BrClN. The molecule has 0 bridgehead atoms. The van der Waals surface area contributed by atoms with Crippen molar-refractivity contribution in [2.75, 3.05) is 6.54 Å². The second kappa shape index (κ2) is 7.09. The molecule has 0 aliphatic rings. The van der Waals surface area contributed by atoms with Crippen LogP contribution in [-0.2, 0) is 6.54 Å². The van der Waals surface area contributed by atoms with Crippen molar-refractivity contribution in [3.8, 4) is 11.1 Å². The Morgan fingerprint density at radius 2 is 1.89 bits per heavy atom. The summed E-state index contributed by atoms with van der Waals surface area (Å²) in [5.74, 6) is 0. The molecule has 2 aromatic rings. The third-order valence-corrected chi connectivity index (χ3v) is 3.96. The van der Waals surface area contributed by atoms with Crippen molar-refractivity contribution >= 4 is 27.5 Å². The van der Waals surface area contributed by atoms with Crippen LogP contribution in [0.2, 0.25) is 5.02 Å². The van der Waals surface area contributed by atoms with Gasteiger partial charge in [0.1, 0.15) is 0 Å². The number of rotatable bonds is 5. The minimum Gasteiger partial charge on any atom is -0.313 e. The Hall–Kier alpha value is -0.830. The average Bonchev–Trinajstić information content (AvgIpc) is 2.40. The molecule has 0 saturated heterocycles. The van der Waals surface area contributed by atoms with Crippen LogP contribution in [0.1, 0.15) is 18.9 Å². The van der Waals surface area contributed by atoms with Gasteiger partial charge in [0.05, 0.1) is 0 Å². The molecule has 0 heterocycles. The highest BCUT2D eigenvalue weighted by Gasteiger charge is 2.07. The fraction of sp³-hybridized carbons (Fsp3) is 0.250. The van der Waals surface area contributed by atoms with Gasteiger partial charge in [-0.1, -0.05) is 64.8 Å². The van der Waals surface area contributed by atoms with Crippen LogP contribution in [0.4, 0.5) is 0 Å². The standard InChI is InChI=1S/C16H17BrClN/c1-2-9-19-11-12-7-8-14(16(18)10-12)13-5-3-4-6-15(13)17/h3-8,10,19H,2,9,11H2,1H3. The Balaban J connectivity index is 2.22. The van der Waals surface area contributed by atoms with Crippen molar-refractivity contribution < 1.29 is 0 Å². The highest BCUT2D eigenvalue weighted by atomic mass is 79.9. The van der Waals surface area contributed by atoms with Crippen LogP contribution in [-0.4, -0.2) is 6.54 Å². The van der Waals surface area contributed by atoms with Gasteiger partial charge < -0.3 is 5.32 Å². The quantitative estimate of drug-likeness (QED) is 0.732. The van der Waals surface area contributed by atoms with E-state index in [1.165, 1.54) is 5.56 Å². The van der Waals surface area contributed by atoms with Crippen molar-refractivity contribution in [3.05, 3.63) is 57.5 Å². The first-order valence-corrected chi connectivity index (χ1v) is 7.63. The largest absolute Gasteiger partial charge is 0.313 e. The maximum atomic E-state index is 6.40. The molecule has 0 spiro atoms. The van der Waals surface area contributed by atoms with E-state index < -0.39 is 0 Å². The first-order valence-electron chi connectivity index (χ1n) is 6.46. The number of halogens is 2. The van der Waals surface area contributed by atoms with Gasteiger partial charge >= 0.3 is 0 Å². The second-order valence-corrected chi connectivity index (χ2v) is 5.73. The number of benzene rings is 2. The fourth-order valence-corrected chi connectivity index (χ4v) is 2.78. The Morgan fingerprint density at radius 1 is 1.11 bits per heavy atom. The Morgan fingerprint density at radius 3 is 2.58 bits per heavy atom.